The van der Waals surface area contributed by atoms with Crippen molar-refractivity contribution in [3.05, 3.63) is 62.9 Å². The lowest BCUT2D eigenvalue weighted by Crippen LogP contribution is -2.33. The average Bonchev–Trinajstić information content (AvgIpc) is 2.60. The molecule has 1 aliphatic heterocycles. The predicted molar refractivity (Wildman–Crippen MR) is 93.5 cm³/mol. The molecule has 0 saturated carbocycles. The van der Waals surface area contributed by atoms with Gasteiger partial charge in [-0.2, -0.15) is 5.26 Å². The van der Waals surface area contributed by atoms with Crippen molar-refractivity contribution in [3.8, 4) is 6.07 Å². The number of hydrogen-bond donors (Lipinski definition) is 3. The second-order valence-electron chi connectivity index (χ2n) is 5.79. The summed E-state index contributed by atoms with van der Waals surface area (Å²) in [6.45, 7) is 3.00. The highest BCUT2D eigenvalue weighted by Gasteiger charge is 2.35. The minimum atomic E-state index is -1.05. The van der Waals surface area contributed by atoms with Crippen molar-refractivity contribution in [2.45, 2.75) is 26.2 Å². The molecule has 0 aliphatic carbocycles. The Morgan fingerprint density at radius 1 is 1.30 bits per heavy atom. The van der Waals surface area contributed by atoms with Crippen LogP contribution >= 0.6 is 0 Å². The number of nitrogens with zero attached hydrogens (tertiary/aromatic N) is 3. The fraction of sp³-hybridized carbons (Fsp3) is 0.294. The minimum absolute atomic E-state index is 0.00327. The van der Waals surface area contributed by atoms with Gasteiger partial charge in [0.1, 0.15) is 6.61 Å². The number of ether oxygens (including phenoxy) is 1. The van der Waals surface area contributed by atoms with Gasteiger partial charge in [-0.1, -0.05) is 12.1 Å². The summed E-state index contributed by atoms with van der Waals surface area (Å²) in [7, 11) is 0. The summed E-state index contributed by atoms with van der Waals surface area (Å²) >= 11 is 0. The largest absolute Gasteiger partial charge is 0.734 e. The third kappa shape index (κ3) is 4.36. The third-order valence-corrected chi connectivity index (χ3v) is 4.02. The van der Waals surface area contributed by atoms with Crippen LogP contribution in [0.5, 0.6) is 0 Å². The zero-order valence-electron chi connectivity index (χ0n) is 14.7. The van der Waals surface area contributed by atoms with Crippen LogP contribution in [0.3, 0.4) is 0 Å². The molecule has 0 radical (unpaired) electrons. The van der Waals surface area contributed by atoms with Crippen molar-refractivity contribution in [1.82, 2.24) is 10.5 Å². The number of benzene rings is 1. The highest BCUT2D eigenvalue weighted by atomic mass is 16.8. The number of rotatable bonds is 6. The number of carbonyl (C=O) groups excluding carboxylic acids is 1. The topological polar surface area (TPSA) is 155 Å². The fourth-order valence-electron chi connectivity index (χ4n) is 2.92. The molecule has 0 bridgehead atoms. The van der Waals surface area contributed by atoms with E-state index >= 15 is 0 Å². The highest BCUT2D eigenvalue weighted by Crippen LogP contribution is 2.40. The molecule has 1 aromatic carbocycles. The highest BCUT2D eigenvalue weighted by molar-refractivity contribution is 5.92. The van der Waals surface area contributed by atoms with Gasteiger partial charge in [-0.25, -0.2) is 4.79 Å². The molecule has 10 nitrogen and oxygen atoms in total. The number of carbonyl (C=O) groups is 1. The minimum Gasteiger partial charge on any atom is -0.734 e. The lowest BCUT2D eigenvalue weighted by Gasteiger charge is -2.38. The molecule has 1 aliphatic rings. The Labute approximate surface area is 155 Å². The van der Waals surface area contributed by atoms with Crippen LogP contribution in [-0.2, 0) is 9.53 Å². The van der Waals surface area contributed by atoms with Crippen LogP contribution in [0, 0.1) is 21.7 Å². The monoisotopic (exact) mass is 374 g/mol. The fourth-order valence-corrected chi connectivity index (χ4v) is 2.92. The molecule has 2 rings (SSSR count). The number of dihydropyridines is 1. The van der Waals surface area contributed by atoms with Gasteiger partial charge < -0.3 is 30.9 Å². The summed E-state index contributed by atoms with van der Waals surface area (Å²) in [6.07, 6.45) is -0.00327. The van der Waals surface area contributed by atoms with Gasteiger partial charge in [-0.05, 0) is 31.5 Å². The van der Waals surface area contributed by atoms with Gasteiger partial charge in [0.05, 0.1) is 35.4 Å². The molecular weight excluding hydrogens is 356 g/mol. The average molecular weight is 374 g/mol. The zero-order valence-corrected chi connectivity index (χ0v) is 14.7. The number of hydroxylamine groups is 2. The Morgan fingerprint density at radius 2 is 2.00 bits per heavy atom. The van der Waals surface area contributed by atoms with E-state index in [0.29, 0.717) is 17.0 Å². The molecule has 0 spiro atoms. The number of nitriles is 1. The van der Waals surface area contributed by atoms with Crippen LogP contribution in [0.15, 0.2) is 46.9 Å². The Bertz CT molecular complexity index is 825. The maximum absolute atomic E-state index is 12.6. The van der Waals surface area contributed by atoms with E-state index in [9.17, 15) is 20.4 Å². The standard InChI is InChI=1S/C17H18N4O6/c1-10-14(17(22)27-8-4-7-18)15(16(21(25)26)11(2)19-10)12-5-3-6-13(9-12)20(23)24/h3,5-6,9,15,19,23,25H,4,8H2,1-2H3/q-2/t15-/m0/s1. The normalized spacial score (nSPS) is 16.6. The Morgan fingerprint density at radius 3 is 2.59 bits per heavy atom. The molecule has 27 heavy (non-hydrogen) atoms. The molecule has 1 atom stereocenters. The maximum atomic E-state index is 12.6. The van der Waals surface area contributed by atoms with Crippen LogP contribution in [0.1, 0.15) is 31.7 Å². The van der Waals surface area contributed by atoms with Crippen molar-refractivity contribution in [2.75, 3.05) is 11.8 Å². The summed E-state index contributed by atoms with van der Waals surface area (Å²) in [4.78, 5) is 12.6. The summed E-state index contributed by atoms with van der Waals surface area (Å²) < 4.78 is 5.08. The van der Waals surface area contributed by atoms with Crippen LogP contribution in [0.2, 0.25) is 0 Å². The molecule has 0 fully saturated rings. The molecule has 0 aromatic heterocycles. The zero-order chi connectivity index (χ0) is 20.1. The van der Waals surface area contributed by atoms with E-state index < -0.39 is 11.9 Å². The van der Waals surface area contributed by atoms with E-state index in [4.69, 9.17) is 15.2 Å². The van der Waals surface area contributed by atoms with Gasteiger partial charge in [0, 0.05) is 11.4 Å². The van der Waals surface area contributed by atoms with Gasteiger partial charge in [-0.15, -0.1) is 0 Å². The van der Waals surface area contributed by atoms with Crippen LogP contribution in [-0.4, -0.2) is 28.2 Å². The van der Waals surface area contributed by atoms with E-state index in [1.807, 2.05) is 6.07 Å². The van der Waals surface area contributed by atoms with E-state index in [1.54, 1.807) is 13.8 Å². The Hall–Kier alpha value is -3.10. The Balaban J connectivity index is 2.56. The van der Waals surface area contributed by atoms with Crippen LogP contribution < -0.4 is 10.5 Å². The van der Waals surface area contributed by atoms with Gasteiger partial charge in [0.25, 0.3) is 0 Å². The van der Waals surface area contributed by atoms with Gasteiger partial charge in [0.2, 0.25) is 0 Å². The van der Waals surface area contributed by atoms with E-state index in [0.717, 1.165) is 0 Å². The molecule has 0 unspecified atom stereocenters. The summed E-state index contributed by atoms with van der Waals surface area (Å²) in [5.41, 5.74) is 0.750. The van der Waals surface area contributed by atoms with Crippen molar-refractivity contribution in [2.24, 2.45) is 0 Å². The number of hydrogen-bond acceptors (Lipinski definition) is 10. The molecule has 0 saturated heterocycles. The summed E-state index contributed by atoms with van der Waals surface area (Å²) in [5, 5.41) is 52.4. The van der Waals surface area contributed by atoms with Gasteiger partial charge >= 0.3 is 5.97 Å². The maximum Gasteiger partial charge on any atom is 0.336 e. The van der Waals surface area contributed by atoms with Crippen LogP contribution in [0.4, 0.5) is 5.69 Å². The molecule has 1 heterocycles. The first-order valence-electron chi connectivity index (χ1n) is 7.92. The van der Waals surface area contributed by atoms with E-state index in [2.05, 4.69) is 5.32 Å². The first kappa shape index (κ1) is 20.2. The van der Waals surface area contributed by atoms with Gasteiger partial charge in [-0.3, -0.25) is 10.4 Å². The van der Waals surface area contributed by atoms with Crippen molar-refractivity contribution in [1.29, 1.82) is 5.26 Å². The first-order valence-corrected chi connectivity index (χ1v) is 7.92. The quantitative estimate of drug-likeness (QED) is 0.383. The van der Waals surface area contributed by atoms with E-state index in [-0.39, 0.29) is 40.4 Å². The van der Waals surface area contributed by atoms with Crippen molar-refractivity contribution < 1.29 is 19.9 Å². The second kappa shape index (κ2) is 8.52. The molecule has 1 aromatic rings. The predicted octanol–water partition coefficient (Wildman–Crippen LogP) is 2.22. The molecule has 144 valence electrons. The molecule has 10 heteroatoms. The van der Waals surface area contributed by atoms with Crippen molar-refractivity contribution in [3.63, 3.8) is 0 Å². The number of nitrogens with one attached hydrogen (secondary N) is 1. The number of allylic oxidation sites excluding steroid dienone is 3. The van der Waals surface area contributed by atoms with Crippen molar-refractivity contribution >= 4 is 11.7 Å². The SMILES string of the molecule is CC1=C(C(=O)OCCC#N)[C@H](c2cccc(N([O-])O)c2)C(N([O-])O)=C(C)N1. The number of esters is 1. The summed E-state index contributed by atoms with van der Waals surface area (Å²) in [6, 6.07) is 7.47. The molecule has 3 N–H and O–H groups in total. The van der Waals surface area contributed by atoms with E-state index in [1.165, 1.54) is 24.3 Å². The lowest BCUT2D eigenvalue weighted by molar-refractivity contribution is -0.139. The smallest absolute Gasteiger partial charge is 0.336 e. The number of anilines is 1. The second-order valence-corrected chi connectivity index (χ2v) is 5.79. The summed E-state index contributed by atoms with van der Waals surface area (Å²) in [5.74, 6) is -1.83. The Kier molecular flexibility index (Phi) is 6.38. The molecular formula is C17H18N4O6-2. The third-order valence-electron chi connectivity index (χ3n) is 4.02. The lowest BCUT2D eigenvalue weighted by atomic mass is 9.84. The van der Waals surface area contributed by atoms with Crippen LogP contribution in [0.25, 0.3) is 0 Å². The first-order chi connectivity index (χ1) is 12.8. The molecule has 0 amide bonds. The van der Waals surface area contributed by atoms with Gasteiger partial charge in [0.15, 0.2) is 0 Å².